The van der Waals surface area contributed by atoms with Crippen LogP contribution in [0.4, 0.5) is 0 Å². The number of aromatic hydroxyl groups is 1. The molecular weight excluding hydrogens is 236 g/mol. The number of likely N-dealkylation sites (tertiary alicyclic amines) is 1. The van der Waals surface area contributed by atoms with E-state index in [-0.39, 0.29) is 6.04 Å². The first-order valence-electron chi connectivity index (χ1n) is 7.23. The Morgan fingerprint density at radius 3 is 2.79 bits per heavy atom. The summed E-state index contributed by atoms with van der Waals surface area (Å²) < 4.78 is 0. The summed E-state index contributed by atoms with van der Waals surface area (Å²) in [7, 11) is 2.19. The Labute approximate surface area is 116 Å². The van der Waals surface area contributed by atoms with Crippen molar-refractivity contribution in [1.29, 1.82) is 0 Å². The van der Waals surface area contributed by atoms with Crippen molar-refractivity contribution in [3.8, 4) is 5.75 Å². The van der Waals surface area contributed by atoms with Gasteiger partial charge in [0.05, 0.1) is 0 Å². The molecule has 1 aromatic rings. The fourth-order valence-electron chi connectivity index (χ4n) is 2.90. The molecule has 3 nitrogen and oxygen atoms in total. The van der Waals surface area contributed by atoms with Crippen LogP contribution in [-0.2, 0) is 0 Å². The van der Waals surface area contributed by atoms with Gasteiger partial charge in [0, 0.05) is 23.7 Å². The summed E-state index contributed by atoms with van der Waals surface area (Å²) in [5.41, 5.74) is 2.10. The first-order chi connectivity index (χ1) is 8.97. The van der Waals surface area contributed by atoms with Crippen LogP contribution in [-0.4, -0.2) is 35.7 Å². The van der Waals surface area contributed by atoms with E-state index in [2.05, 4.69) is 37.2 Å². The van der Waals surface area contributed by atoms with Gasteiger partial charge in [0.2, 0.25) is 0 Å². The Balaban J connectivity index is 1.99. The van der Waals surface area contributed by atoms with E-state index in [0.29, 0.717) is 17.8 Å². The zero-order valence-corrected chi connectivity index (χ0v) is 12.5. The average molecular weight is 262 g/mol. The van der Waals surface area contributed by atoms with Crippen LogP contribution in [0.5, 0.6) is 5.75 Å². The molecule has 2 rings (SSSR count). The van der Waals surface area contributed by atoms with Crippen molar-refractivity contribution in [1.82, 2.24) is 10.2 Å². The van der Waals surface area contributed by atoms with Crippen LogP contribution in [0, 0.1) is 6.92 Å². The number of aryl methyl sites for hydroxylation is 1. The molecule has 2 N–H and O–H groups in total. The van der Waals surface area contributed by atoms with Gasteiger partial charge in [0.1, 0.15) is 5.75 Å². The molecule has 0 saturated carbocycles. The first-order valence-corrected chi connectivity index (χ1v) is 7.23. The number of hydrogen-bond acceptors (Lipinski definition) is 3. The highest BCUT2D eigenvalue weighted by Crippen LogP contribution is 2.26. The van der Waals surface area contributed by atoms with Crippen LogP contribution in [0.15, 0.2) is 18.2 Å². The molecule has 3 heteroatoms. The van der Waals surface area contributed by atoms with Gasteiger partial charge in [0.15, 0.2) is 0 Å². The minimum absolute atomic E-state index is 0.196. The first kappa shape index (κ1) is 14.4. The Bertz CT molecular complexity index is 433. The largest absolute Gasteiger partial charge is 0.508 e. The van der Waals surface area contributed by atoms with Crippen LogP contribution in [0.1, 0.15) is 43.9 Å². The second kappa shape index (κ2) is 5.93. The lowest BCUT2D eigenvalue weighted by atomic mass is 9.96. The number of hydrogen-bond donors (Lipinski definition) is 2. The topological polar surface area (TPSA) is 35.5 Å². The Hall–Kier alpha value is -1.06. The number of phenols is 1. The number of benzene rings is 1. The summed E-state index contributed by atoms with van der Waals surface area (Å²) in [5, 5.41) is 13.7. The van der Waals surface area contributed by atoms with Gasteiger partial charge in [-0.15, -0.1) is 0 Å². The van der Waals surface area contributed by atoms with Crippen LogP contribution in [0.25, 0.3) is 0 Å². The van der Waals surface area contributed by atoms with E-state index in [0.717, 1.165) is 17.7 Å². The fourth-order valence-corrected chi connectivity index (χ4v) is 2.90. The summed E-state index contributed by atoms with van der Waals surface area (Å²) in [6.07, 6.45) is 2.35. The summed E-state index contributed by atoms with van der Waals surface area (Å²) in [5.74, 6) is 0.404. The highest BCUT2D eigenvalue weighted by Gasteiger charge is 2.24. The van der Waals surface area contributed by atoms with Gasteiger partial charge < -0.3 is 15.3 Å². The Morgan fingerprint density at radius 2 is 2.16 bits per heavy atom. The molecule has 1 aromatic carbocycles. The van der Waals surface area contributed by atoms with E-state index >= 15 is 0 Å². The van der Waals surface area contributed by atoms with Gasteiger partial charge in [-0.2, -0.15) is 0 Å². The van der Waals surface area contributed by atoms with Gasteiger partial charge in [-0.3, -0.25) is 0 Å². The maximum atomic E-state index is 10.0. The maximum Gasteiger partial charge on any atom is 0.120 e. The number of piperidine rings is 1. The Kier molecular flexibility index (Phi) is 4.48. The number of rotatable bonds is 3. The fraction of sp³-hybridized carbons (Fsp3) is 0.625. The lowest BCUT2D eigenvalue weighted by molar-refractivity contribution is 0.163. The van der Waals surface area contributed by atoms with Crippen molar-refractivity contribution >= 4 is 0 Å². The van der Waals surface area contributed by atoms with Crippen LogP contribution in [0.3, 0.4) is 0 Å². The smallest absolute Gasteiger partial charge is 0.120 e. The number of nitrogens with zero attached hydrogens (tertiary/aromatic N) is 1. The van der Waals surface area contributed by atoms with Crippen LogP contribution < -0.4 is 5.32 Å². The quantitative estimate of drug-likeness (QED) is 0.879. The van der Waals surface area contributed by atoms with Gasteiger partial charge >= 0.3 is 0 Å². The molecule has 0 radical (unpaired) electrons. The van der Waals surface area contributed by atoms with Crippen molar-refractivity contribution in [3.63, 3.8) is 0 Å². The van der Waals surface area contributed by atoms with E-state index in [1.807, 2.05) is 19.1 Å². The molecule has 19 heavy (non-hydrogen) atoms. The molecule has 3 atom stereocenters. The highest BCUT2D eigenvalue weighted by molar-refractivity contribution is 5.37. The molecule has 3 unspecified atom stereocenters. The molecule has 0 bridgehead atoms. The van der Waals surface area contributed by atoms with Gasteiger partial charge in [-0.1, -0.05) is 12.1 Å². The van der Waals surface area contributed by atoms with E-state index in [9.17, 15) is 5.11 Å². The molecule has 1 aliphatic rings. The lowest BCUT2D eigenvalue weighted by Gasteiger charge is -2.36. The zero-order valence-electron chi connectivity index (χ0n) is 12.5. The van der Waals surface area contributed by atoms with Crippen LogP contribution >= 0.6 is 0 Å². The predicted octanol–water partition coefficient (Wildman–Crippen LogP) is 2.83. The molecule has 1 saturated heterocycles. The number of nitrogens with one attached hydrogen (secondary N) is 1. The zero-order chi connectivity index (χ0) is 14.0. The van der Waals surface area contributed by atoms with Crippen molar-refractivity contribution in [2.45, 2.75) is 51.7 Å². The van der Waals surface area contributed by atoms with E-state index in [1.54, 1.807) is 0 Å². The third-order valence-electron chi connectivity index (χ3n) is 4.35. The van der Waals surface area contributed by atoms with Crippen molar-refractivity contribution in [2.24, 2.45) is 0 Å². The molecule has 106 valence electrons. The third-order valence-corrected chi connectivity index (χ3v) is 4.35. The van der Waals surface area contributed by atoms with Crippen LogP contribution in [0.2, 0.25) is 0 Å². The lowest BCUT2D eigenvalue weighted by Crippen LogP contribution is -2.46. The summed E-state index contributed by atoms with van der Waals surface area (Å²) >= 11 is 0. The van der Waals surface area contributed by atoms with E-state index < -0.39 is 0 Å². The summed E-state index contributed by atoms with van der Waals surface area (Å²) in [6.45, 7) is 7.56. The maximum absolute atomic E-state index is 10.0. The average Bonchev–Trinajstić information content (AvgIpc) is 2.33. The molecule has 1 aliphatic heterocycles. The highest BCUT2D eigenvalue weighted by atomic mass is 16.3. The SMILES string of the molecule is Cc1ccc(C(C)NC2CCN(C)C(C)C2)c(O)c1. The summed E-state index contributed by atoms with van der Waals surface area (Å²) in [6, 6.07) is 7.30. The van der Waals surface area contributed by atoms with E-state index in [1.165, 1.54) is 12.8 Å². The van der Waals surface area contributed by atoms with Crippen molar-refractivity contribution in [2.75, 3.05) is 13.6 Å². The molecule has 0 aliphatic carbocycles. The van der Waals surface area contributed by atoms with Gasteiger partial charge in [-0.05, 0) is 58.8 Å². The van der Waals surface area contributed by atoms with Crippen molar-refractivity contribution < 1.29 is 5.11 Å². The Morgan fingerprint density at radius 1 is 1.42 bits per heavy atom. The second-order valence-electron chi connectivity index (χ2n) is 6.00. The standard InChI is InChI=1S/C16H26N2O/c1-11-5-6-15(16(19)9-11)13(3)17-14-7-8-18(4)12(2)10-14/h5-6,9,12-14,17,19H,7-8,10H2,1-4H3. The molecule has 1 fully saturated rings. The van der Waals surface area contributed by atoms with E-state index in [4.69, 9.17) is 0 Å². The number of phenolic OH excluding ortho intramolecular Hbond substituents is 1. The third kappa shape index (κ3) is 3.48. The summed E-state index contributed by atoms with van der Waals surface area (Å²) in [4.78, 5) is 2.41. The molecular formula is C16H26N2O. The molecule has 1 heterocycles. The predicted molar refractivity (Wildman–Crippen MR) is 79.5 cm³/mol. The molecule has 0 spiro atoms. The van der Waals surface area contributed by atoms with Gasteiger partial charge in [0.25, 0.3) is 0 Å². The molecule has 0 aromatic heterocycles. The minimum Gasteiger partial charge on any atom is -0.508 e. The van der Waals surface area contributed by atoms with Gasteiger partial charge in [-0.25, -0.2) is 0 Å². The monoisotopic (exact) mass is 262 g/mol. The molecule has 0 amide bonds. The minimum atomic E-state index is 0.196. The van der Waals surface area contributed by atoms with Crippen molar-refractivity contribution in [3.05, 3.63) is 29.3 Å². The normalized spacial score (nSPS) is 26.3. The second-order valence-corrected chi connectivity index (χ2v) is 6.00.